The minimum absolute atomic E-state index is 0.334. The lowest BCUT2D eigenvalue weighted by atomic mass is 9.99. The van der Waals surface area contributed by atoms with E-state index in [1.54, 1.807) is 13.8 Å². The van der Waals surface area contributed by atoms with Crippen molar-refractivity contribution in [3.63, 3.8) is 0 Å². The molecular formula is C17H28N4O9. The highest BCUT2D eigenvalue weighted by atomic mass is 16.4. The number of aliphatic carboxylic acids is 3. The Labute approximate surface area is 172 Å². The van der Waals surface area contributed by atoms with Gasteiger partial charge in [0.15, 0.2) is 0 Å². The van der Waals surface area contributed by atoms with Gasteiger partial charge in [0.25, 0.3) is 0 Å². The summed E-state index contributed by atoms with van der Waals surface area (Å²) in [6.45, 7) is 2.77. The van der Waals surface area contributed by atoms with Crippen molar-refractivity contribution in [2.45, 2.75) is 57.7 Å². The van der Waals surface area contributed by atoms with E-state index < -0.39 is 73.1 Å². The van der Waals surface area contributed by atoms with Crippen LogP contribution < -0.4 is 21.7 Å². The highest BCUT2D eigenvalue weighted by Crippen LogP contribution is 2.07. The van der Waals surface area contributed by atoms with Gasteiger partial charge in [-0.1, -0.05) is 20.3 Å². The lowest BCUT2D eigenvalue weighted by molar-refractivity contribution is -0.143. The smallest absolute Gasteiger partial charge is 0.326 e. The Kier molecular flexibility index (Phi) is 11.7. The summed E-state index contributed by atoms with van der Waals surface area (Å²) < 4.78 is 0. The molecule has 0 aliphatic rings. The summed E-state index contributed by atoms with van der Waals surface area (Å²) in [7, 11) is 0. The maximum absolute atomic E-state index is 12.3. The van der Waals surface area contributed by atoms with Gasteiger partial charge in [-0.2, -0.15) is 0 Å². The first-order valence-corrected chi connectivity index (χ1v) is 9.18. The molecule has 0 aromatic carbocycles. The van der Waals surface area contributed by atoms with Gasteiger partial charge in [0.2, 0.25) is 17.7 Å². The third-order valence-corrected chi connectivity index (χ3v) is 4.23. The van der Waals surface area contributed by atoms with Crippen LogP contribution in [0, 0.1) is 5.92 Å². The van der Waals surface area contributed by atoms with Gasteiger partial charge in [-0.25, -0.2) is 4.79 Å². The van der Waals surface area contributed by atoms with Gasteiger partial charge in [0.1, 0.15) is 12.1 Å². The van der Waals surface area contributed by atoms with Gasteiger partial charge >= 0.3 is 17.9 Å². The fraction of sp³-hybridized carbons (Fsp3) is 0.647. The molecular weight excluding hydrogens is 404 g/mol. The molecule has 0 spiro atoms. The van der Waals surface area contributed by atoms with Crippen molar-refractivity contribution in [3.8, 4) is 0 Å². The molecule has 0 aromatic heterocycles. The number of nitrogens with two attached hydrogens (primary N) is 1. The number of nitrogens with one attached hydrogen (secondary N) is 3. The molecule has 13 nitrogen and oxygen atoms in total. The summed E-state index contributed by atoms with van der Waals surface area (Å²) in [6, 6.07) is -4.00. The van der Waals surface area contributed by atoms with Crippen LogP contribution in [-0.4, -0.2) is 75.6 Å². The second-order valence-corrected chi connectivity index (χ2v) is 6.68. The van der Waals surface area contributed by atoms with Gasteiger partial charge in [-0.05, 0) is 12.3 Å². The van der Waals surface area contributed by atoms with E-state index in [1.165, 1.54) is 0 Å². The average Bonchev–Trinajstić information content (AvgIpc) is 2.65. The van der Waals surface area contributed by atoms with E-state index in [0.29, 0.717) is 6.42 Å². The lowest BCUT2D eigenvalue weighted by Gasteiger charge is -2.21. The fourth-order valence-corrected chi connectivity index (χ4v) is 2.29. The van der Waals surface area contributed by atoms with E-state index >= 15 is 0 Å². The van der Waals surface area contributed by atoms with E-state index in [-0.39, 0.29) is 12.3 Å². The Morgan fingerprint density at radius 2 is 1.53 bits per heavy atom. The van der Waals surface area contributed by atoms with E-state index in [9.17, 15) is 28.8 Å². The predicted molar refractivity (Wildman–Crippen MR) is 101 cm³/mol. The van der Waals surface area contributed by atoms with Crippen molar-refractivity contribution in [2.24, 2.45) is 11.7 Å². The van der Waals surface area contributed by atoms with E-state index in [0.717, 1.165) is 0 Å². The number of hydrogen-bond donors (Lipinski definition) is 7. The fourth-order valence-electron chi connectivity index (χ4n) is 2.29. The maximum Gasteiger partial charge on any atom is 0.326 e. The summed E-state index contributed by atoms with van der Waals surface area (Å²) in [5.74, 6) is -6.85. The molecule has 0 bridgehead atoms. The number of carboxylic acids is 3. The molecule has 0 saturated heterocycles. The minimum atomic E-state index is -1.46. The monoisotopic (exact) mass is 432 g/mol. The Hall–Kier alpha value is -3.22. The van der Waals surface area contributed by atoms with E-state index in [4.69, 9.17) is 21.1 Å². The molecule has 0 fully saturated rings. The zero-order chi connectivity index (χ0) is 23.4. The van der Waals surface area contributed by atoms with Crippen LogP contribution in [-0.2, 0) is 28.8 Å². The highest BCUT2D eigenvalue weighted by Gasteiger charge is 2.28. The topological polar surface area (TPSA) is 225 Å². The molecule has 4 unspecified atom stereocenters. The first kappa shape index (κ1) is 26.8. The third kappa shape index (κ3) is 10.4. The normalized spacial score (nSPS) is 14.5. The molecule has 4 atom stereocenters. The van der Waals surface area contributed by atoms with Crippen LogP contribution in [0.4, 0.5) is 0 Å². The number of carbonyl (C=O) groups excluding carboxylic acids is 3. The maximum atomic E-state index is 12.3. The molecule has 13 heteroatoms. The molecule has 170 valence electrons. The Balaban J connectivity index is 4.96. The average molecular weight is 432 g/mol. The lowest BCUT2D eigenvalue weighted by Crippen LogP contribution is -2.54. The van der Waals surface area contributed by atoms with Crippen molar-refractivity contribution in [1.82, 2.24) is 16.0 Å². The van der Waals surface area contributed by atoms with Crippen LogP contribution in [0.25, 0.3) is 0 Å². The number of hydrogen-bond acceptors (Lipinski definition) is 7. The zero-order valence-electron chi connectivity index (χ0n) is 16.7. The highest BCUT2D eigenvalue weighted by molar-refractivity contribution is 5.93. The first-order valence-electron chi connectivity index (χ1n) is 9.18. The Morgan fingerprint density at radius 1 is 0.933 bits per heavy atom. The molecule has 0 aromatic rings. The van der Waals surface area contributed by atoms with Crippen LogP contribution in [0.15, 0.2) is 0 Å². The Morgan fingerprint density at radius 3 is 2.00 bits per heavy atom. The molecule has 3 amide bonds. The van der Waals surface area contributed by atoms with E-state index in [2.05, 4.69) is 16.0 Å². The molecule has 0 radical (unpaired) electrons. The van der Waals surface area contributed by atoms with Crippen molar-refractivity contribution in [2.75, 3.05) is 6.54 Å². The quantitative estimate of drug-likeness (QED) is 0.158. The van der Waals surface area contributed by atoms with Gasteiger partial charge in [0.05, 0.1) is 19.0 Å². The van der Waals surface area contributed by atoms with Crippen LogP contribution in [0.1, 0.15) is 39.5 Å². The number of carboxylic acid groups (broad SMARTS) is 3. The van der Waals surface area contributed by atoms with Crippen LogP contribution in [0.3, 0.4) is 0 Å². The number of carbonyl (C=O) groups is 6. The predicted octanol–water partition coefficient (Wildman–Crippen LogP) is -2.13. The second-order valence-electron chi connectivity index (χ2n) is 6.68. The Bertz CT molecular complexity index is 668. The molecule has 0 aliphatic carbocycles. The second kappa shape index (κ2) is 13.1. The van der Waals surface area contributed by atoms with Crippen LogP contribution >= 0.6 is 0 Å². The molecule has 0 heterocycles. The van der Waals surface area contributed by atoms with Gasteiger partial charge in [-0.15, -0.1) is 0 Å². The summed E-state index contributed by atoms with van der Waals surface area (Å²) in [4.78, 5) is 68.8. The van der Waals surface area contributed by atoms with Crippen molar-refractivity contribution < 1.29 is 44.1 Å². The van der Waals surface area contributed by atoms with Gasteiger partial charge in [-0.3, -0.25) is 24.0 Å². The molecule has 0 rings (SSSR count). The standard InChI is InChI=1S/C17H28N4O9/c1-3-8(2)14(17(29)30)21-11(22)7-19-16(28)10(4-5-12(23)24)20-15(27)9(18)6-13(25)26/h8-10,14H,3-7,18H2,1-2H3,(H,19,28)(H,20,27)(H,21,22)(H,23,24)(H,25,26)(H,29,30). The number of rotatable bonds is 14. The number of amides is 3. The SMILES string of the molecule is CCC(C)C(NC(=O)CNC(=O)C(CCC(=O)O)NC(=O)C(N)CC(=O)O)C(=O)O. The molecule has 0 aliphatic heterocycles. The summed E-state index contributed by atoms with van der Waals surface area (Å²) in [6.07, 6.45) is -1.04. The van der Waals surface area contributed by atoms with Gasteiger partial charge in [0, 0.05) is 6.42 Å². The third-order valence-electron chi connectivity index (χ3n) is 4.23. The van der Waals surface area contributed by atoms with Gasteiger partial charge < -0.3 is 37.0 Å². The molecule has 8 N–H and O–H groups in total. The van der Waals surface area contributed by atoms with Crippen molar-refractivity contribution in [1.29, 1.82) is 0 Å². The largest absolute Gasteiger partial charge is 0.481 e. The van der Waals surface area contributed by atoms with Crippen molar-refractivity contribution >= 4 is 35.6 Å². The summed E-state index contributed by atoms with van der Waals surface area (Å²) in [5.41, 5.74) is 5.41. The molecule has 30 heavy (non-hydrogen) atoms. The van der Waals surface area contributed by atoms with Crippen LogP contribution in [0.5, 0.6) is 0 Å². The molecule has 0 saturated carbocycles. The summed E-state index contributed by atoms with van der Waals surface area (Å²) >= 11 is 0. The van der Waals surface area contributed by atoms with Crippen LogP contribution in [0.2, 0.25) is 0 Å². The zero-order valence-corrected chi connectivity index (χ0v) is 16.7. The minimum Gasteiger partial charge on any atom is -0.481 e. The van der Waals surface area contributed by atoms with Crippen molar-refractivity contribution in [3.05, 3.63) is 0 Å². The first-order chi connectivity index (χ1) is 13.9. The van der Waals surface area contributed by atoms with E-state index in [1.807, 2.05) is 0 Å². The summed E-state index contributed by atoms with van der Waals surface area (Å²) in [5, 5.41) is 33.2.